The second kappa shape index (κ2) is 11.3. The van der Waals surface area contributed by atoms with E-state index in [1.807, 2.05) is 18.2 Å². The molecule has 0 atom stereocenters. The molecule has 0 saturated carbocycles. The topological polar surface area (TPSA) is 75.2 Å². The summed E-state index contributed by atoms with van der Waals surface area (Å²) in [5.41, 5.74) is 4.16. The SMILES string of the molecule is O=C(Oc1ccc(/C=N/NC(=S)NCCN2CCOCC2)cc1)c1ccccc1. The normalized spacial score (nSPS) is 14.5. The zero-order valence-electron chi connectivity index (χ0n) is 16.0. The van der Waals surface area contributed by atoms with Crippen molar-refractivity contribution in [2.75, 3.05) is 39.4 Å². The minimum absolute atomic E-state index is 0.387. The molecule has 2 aromatic carbocycles. The molecule has 0 unspecified atom stereocenters. The van der Waals surface area contributed by atoms with Gasteiger partial charge in [-0.25, -0.2) is 4.79 Å². The Labute approximate surface area is 175 Å². The Hall–Kier alpha value is -2.81. The lowest BCUT2D eigenvalue weighted by molar-refractivity contribution is 0.0389. The molecule has 0 aliphatic carbocycles. The van der Waals surface area contributed by atoms with E-state index in [1.54, 1.807) is 42.6 Å². The summed E-state index contributed by atoms with van der Waals surface area (Å²) in [6.07, 6.45) is 1.65. The lowest BCUT2D eigenvalue weighted by atomic mass is 10.2. The van der Waals surface area contributed by atoms with E-state index in [2.05, 4.69) is 20.7 Å². The summed E-state index contributed by atoms with van der Waals surface area (Å²) in [6.45, 7) is 5.16. The first-order chi connectivity index (χ1) is 14.2. The molecule has 0 spiro atoms. The van der Waals surface area contributed by atoms with Gasteiger partial charge in [-0.15, -0.1) is 0 Å². The van der Waals surface area contributed by atoms with Crippen LogP contribution in [0.25, 0.3) is 0 Å². The first kappa shape index (κ1) is 20.9. The second-order valence-corrected chi connectivity index (χ2v) is 6.81. The average molecular weight is 413 g/mol. The van der Waals surface area contributed by atoms with Crippen molar-refractivity contribution in [2.45, 2.75) is 0 Å². The number of morpholine rings is 1. The maximum atomic E-state index is 12.0. The van der Waals surface area contributed by atoms with Gasteiger partial charge in [-0.05, 0) is 54.2 Å². The van der Waals surface area contributed by atoms with Crippen LogP contribution in [0.2, 0.25) is 0 Å². The summed E-state index contributed by atoms with van der Waals surface area (Å²) < 4.78 is 10.7. The smallest absolute Gasteiger partial charge is 0.343 e. The Morgan fingerprint density at radius 2 is 1.86 bits per heavy atom. The minimum atomic E-state index is -0.387. The largest absolute Gasteiger partial charge is 0.423 e. The van der Waals surface area contributed by atoms with Gasteiger partial charge in [0.05, 0.1) is 25.0 Å². The van der Waals surface area contributed by atoms with Crippen molar-refractivity contribution in [3.63, 3.8) is 0 Å². The molecule has 3 rings (SSSR count). The van der Waals surface area contributed by atoms with Crippen molar-refractivity contribution in [1.29, 1.82) is 0 Å². The second-order valence-electron chi connectivity index (χ2n) is 6.40. The number of carbonyl (C=O) groups excluding carboxylic acids is 1. The van der Waals surface area contributed by atoms with E-state index in [4.69, 9.17) is 21.7 Å². The molecule has 0 aromatic heterocycles. The third-order valence-corrected chi connectivity index (χ3v) is 4.53. The van der Waals surface area contributed by atoms with E-state index < -0.39 is 0 Å². The van der Waals surface area contributed by atoms with Crippen LogP contribution < -0.4 is 15.5 Å². The van der Waals surface area contributed by atoms with Gasteiger partial charge in [0.2, 0.25) is 0 Å². The summed E-state index contributed by atoms with van der Waals surface area (Å²) in [7, 11) is 0. The number of rotatable bonds is 7. The molecule has 2 N–H and O–H groups in total. The van der Waals surface area contributed by atoms with Crippen molar-refractivity contribution < 1.29 is 14.3 Å². The Bertz CT molecular complexity index is 822. The lowest BCUT2D eigenvalue weighted by Crippen LogP contribution is -2.42. The number of hydrazone groups is 1. The fraction of sp³-hybridized carbons (Fsp3) is 0.286. The van der Waals surface area contributed by atoms with Gasteiger partial charge in [0.1, 0.15) is 5.75 Å². The molecule has 7 nitrogen and oxygen atoms in total. The van der Waals surface area contributed by atoms with Crippen LogP contribution in [-0.4, -0.2) is 61.6 Å². The number of hydrogen-bond donors (Lipinski definition) is 2. The maximum Gasteiger partial charge on any atom is 0.343 e. The van der Waals surface area contributed by atoms with Crippen molar-refractivity contribution >= 4 is 29.5 Å². The van der Waals surface area contributed by atoms with E-state index >= 15 is 0 Å². The molecule has 8 heteroatoms. The van der Waals surface area contributed by atoms with Gasteiger partial charge in [-0.1, -0.05) is 18.2 Å². The van der Waals surface area contributed by atoms with Crippen molar-refractivity contribution in [3.05, 3.63) is 65.7 Å². The number of benzene rings is 2. The van der Waals surface area contributed by atoms with Crippen molar-refractivity contribution in [3.8, 4) is 5.75 Å². The summed E-state index contributed by atoms with van der Waals surface area (Å²) in [4.78, 5) is 14.4. The third-order valence-electron chi connectivity index (χ3n) is 4.30. The number of thiocarbonyl (C=S) groups is 1. The van der Waals surface area contributed by atoms with E-state index in [9.17, 15) is 4.79 Å². The number of ether oxygens (including phenoxy) is 2. The van der Waals surface area contributed by atoms with Gasteiger partial charge < -0.3 is 14.8 Å². The van der Waals surface area contributed by atoms with Crippen LogP contribution >= 0.6 is 12.2 Å². The quantitative estimate of drug-likeness (QED) is 0.237. The fourth-order valence-electron chi connectivity index (χ4n) is 2.72. The molecule has 0 radical (unpaired) electrons. The van der Waals surface area contributed by atoms with Gasteiger partial charge in [0.25, 0.3) is 0 Å². The standard InChI is InChI=1S/C21H24N4O3S/c26-20(18-4-2-1-3-5-18)28-19-8-6-17(7-9-19)16-23-24-21(29)22-10-11-25-12-14-27-15-13-25/h1-9,16H,10-15H2,(H2,22,24,29)/b23-16+. The van der Waals surface area contributed by atoms with Crippen LogP contribution in [0.15, 0.2) is 59.7 Å². The highest BCUT2D eigenvalue weighted by Gasteiger charge is 2.09. The molecule has 0 bridgehead atoms. The highest BCUT2D eigenvalue weighted by molar-refractivity contribution is 7.80. The summed E-state index contributed by atoms with van der Waals surface area (Å²) in [5.74, 6) is 0.0893. The first-order valence-electron chi connectivity index (χ1n) is 9.45. The molecule has 1 aliphatic rings. The Balaban J connectivity index is 1.38. The van der Waals surface area contributed by atoms with Gasteiger partial charge in [0.15, 0.2) is 5.11 Å². The molecule has 0 amide bonds. The maximum absolute atomic E-state index is 12.0. The highest BCUT2D eigenvalue weighted by Crippen LogP contribution is 2.13. The van der Waals surface area contributed by atoms with Crippen LogP contribution in [0.1, 0.15) is 15.9 Å². The lowest BCUT2D eigenvalue weighted by Gasteiger charge is -2.26. The number of nitrogens with one attached hydrogen (secondary N) is 2. The molecule has 29 heavy (non-hydrogen) atoms. The Morgan fingerprint density at radius 1 is 1.14 bits per heavy atom. The number of esters is 1. The summed E-state index contributed by atoms with van der Waals surface area (Å²) in [5, 5.41) is 7.73. The molecular formula is C21H24N4O3S. The molecule has 1 fully saturated rings. The Kier molecular flexibility index (Phi) is 8.12. The van der Waals surface area contributed by atoms with Crippen LogP contribution in [-0.2, 0) is 4.74 Å². The molecule has 1 aliphatic heterocycles. The average Bonchev–Trinajstić information content (AvgIpc) is 2.76. The molecule has 1 saturated heterocycles. The highest BCUT2D eigenvalue weighted by atomic mass is 32.1. The number of carbonyl (C=O) groups is 1. The zero-order valence-corrected chi connectivity index (χ0v) is 16.9. The van der Waals surface area contributed by atoms with Crippen molar-refractivity contribution in [1.82, 2.24) is 15.6 Å². The summed E-state index contributed by atoms with van der Waals surface area (Å²) >= 11 is 5.21. The van der Waals surface area contributed by atoms with E-state index in [1.165, 1.54) is 0 Å². The minimum Gasteiger partial charge on any atom is -0.423 e. The van der Waals surface area contributed by atoms with Crippen LogP contribution in [0.5, 0.6) is 5.75 Å². The number of hydrogen-bond acceptors (Lipinski definition) is 6. The van der Waals surface area contributed by atoms with E-state index in [-0.39, 0.29) is 5.97 Å². The number of nitrogens with zero attached hydrogens (tertiary/aromatic N) is 2. The molecule has 1 heterocycles. The first-order valence-corrected chi connectivity index (χ1v) is 9.86. The van der Waals surface area contributed by atoms with Gasteiger partial charge in [-0.2, -0.15) is 5.10 Å². The molecule has 2 aromatic rings. The van der Waals surface area contributed by atoms with Gasteiger partial charge in [0, 0.05) is 26.2 Å². The fourth-order valence-corrected chi connectivity index (χ4v) is 2.87. The van der Waals surface area contributed by atoms with Crippen LogP contribution in [0.4, 0.5) is 0 Å². The summed E-state index contributed by atoms with van der Waals surface area (Å²) in [6, 6.07) is 15.9. The van der Waals surface area contributed by atoms with Crippen molar-refractivity contribution in [2.24, 2.45) is 5.10 Å². The predicted octanol–water partition coefficient (Wildman–Crippen LogP) is 2.04. The molecule has 152 valence electrons. The van der Waals surface area contributed by atoms with Crippen LogP contribution in [0.3, 0.4) is 0 Å². The predicted molar refractivity (Wildman–Crippen MR) is 116 cm³/mol. The van der Waals surface area contributed by atoms with Gasteiger partial charge >= 0.3 is 5.97 Å². The zero-order chi connectivity index (χ0) is 20.3. The van der Waals surface area contributed by atoms with E-state index in [0.717, 1.165) is 45.0 Å². The van der Waals surface area contributed by atoms with Gasteiger partial charge in [-0.3, -0.25) is 10.3 Å². The van der Waals surface area contributed by atoms with E-state index in [0.29, 0.717) is 16.4 Å². The third kappa shape index (κ3) is 7.26. The molecular weight excluding hydrogens is 388 g/mol. The Morgan fingerprint density at radius 3 is 2.59 bits per heavy atom. The monoisotopic (exact) mass is 412 g/mol. The van der Waals surface area contributed by atoms with Crippen LogP contribution in [0, 0.1) is 0 Å².